The molecule has 0 spiro atoms. The molecule has 0 heterocycles. The number of rotatable bonds is 7. The molecule has 0 fully saturated rings. The number of nitrogens with two attached hydrogens (primary N) is 1. The van der Waals surface area contributed by atoms with Gasteiger partial charge in [0.05, 0.1) is 24.1 Å². The highest BCUT2D eigenvalue weighted by Gasteiger charge is 2.41. The molecule has 0 saturated carbocycles. The number of ether oxygens (including phenoxy) is 1. The minimum Gasteiger partial charge on any atom is -0.496 e. The van der Waals surface area contributed by atoms with Gasteiger partial charge in [0, 0.05) is 34.9 Å². The second-order valence-electron chi connectivity index (χ2n) is 8.98. The number of hydrogen-bond acceptors (Lipinski definition) is 7. The highest BCUT2D eigenvalue weighted by molar-refractivity contribution is 7.89. The van der Waals surface area contributed by atoms with Crippen molar-refractivity contribution in [2.75, 3.05) is 12.4 Å². The lowest BCUT2D eigenvalue weighted by atomic mass is 9.69. The van der Waals surface area contributed by atoms with Gasteiger partial charge in [-0.3, -0.25) is 4.79 Å². The van der Waals surface area contributed by atoms with Crippen LogP contribution in [0.2, 0.25) is 0 Å². The minimum atomic E-state index is -3.85. The number of nitrogens with one attached hydrogen (secondary N) is 1. The molecular formula is C25H26N4O4S. The van der Waals surface area contributed by atoms with E-state index >= 15 is 0 Å². The van der Waals surface area contributed by atoms with Crippen molar-refractivity contribution in [1.82, 2.24) is 0 Å². The summed E-state index contributed by atoms with van der Waals surface area (Å²) in [5.41, 5.74) is 1.70. The molecule has 1 aliphatic carbocycles. The largest absolute Gasteiger partial charge is 0.496 e. The number of methoxy groups -OCH3 is 1. The first-order valence-electron chi connectivity index (χ1n) is 10.6. The molecule has 2 aromatic carbocycles. The van der Waals surface area contributed by atoms with Crippen molar-refractivity contribution in [3.63, 3.8) is 0 Å². The second kappa shape index (κ2) is 9.68. The van der Waals surface area contributed by atoms with E-state index < -0.39 is 21.9 Å². The number of anilines is 1. The predicted molar refractivity (Wildman–Crippen MR) is 127 cm³/mol. The number of carbonyl (C=O) groups is 1. The molecule has 176 valence electrons. The van der Waals surface area contributed by atoms with Gasteiger partial charge >= 0.3 is 0 Å². The minimum absolute atomic E-state index is 0.0340. The number of sulfonamides is 1. The molecule has 0 saturated heterocycles. The Morgan fingerprint density at radius 1 is 1.06 bits per heavy atom. The van der Waals surface area contributed by atoms with Crippen LogP contribution in [0.1, 0.15) is 38.2 Å². The average molecular weight is 479 g/mol. The van der Waals surface area contributed by atoms with Crippen LogP contribution in [0.25, 0.3) is 0 Å². The number of hydrogen-bond donors (Lipinski definition) is 2. The lowest BCUT2D eigenvalue weighted by molar-refractivity contribution is -0.118. The fraction of sp³-hybridized carbons (Fsp3) is 0.320. The first-order chi connectivity index (χ1) is 16.0. The molecule has 2 aromatic rings. The van der Waals surface area contributed by atoms with E-state index in [2.05, 4.69) is 5.32 Å². The van der Waals surface area contributed by atoms with Gasteiger partial charge in [0.25, 0.3) is 0 Å². The summed E-state index contributed by atoms with van der Waals surface area (Å²) in [6, 6.07) is 17.0. The standard InChI is InChI=1S/C25H26N4O4S/c1-25(2)12-20(29-17-8-10-18(11-9-17)34(28,31)32)24(21(30)13-25)23(16(14-26)15-27)19-6-4-5-7-22(19)33-3/h4-11,16,23,29H,12-13H2,1-3H3,(H2,28,31,32). The molecule has 3 N–H and O–H groups in total. The van der Waals surface area contributed by atoms with Crippen molar-refractivity contribution in [3.8, 4) is 17.9 Å². The second-order valence-corrected chi connectivity index (χ2v) is 10.5. The number of nitriles is 2. The van der Waals surface area contributed by atoms with Gasteiger partial charge in [0.15, 0.2) is 5.78 Å². The van der Waals surface area contributed by atoms with E-state index in [1.807, 2.05) is 26.0 Å². The van der Waals surface area contributed by atoms with Crippen molar-refractivity contribution in [3.05, 3.63) is 65.4 Å². The zero-order valence-electron chi connectivity index (χ0n) is 19.2. The monoisotopic (exact) mass is 478 g/mol. The molecule has 8 nitrogen and oxygen atoms in total. The summed E-state index contributed by atoms with van der Waals surface area (Å²) in [6.07, 6.45) is 0.743. The first kappa shape index (κ1) is 25.0. The number of para-hydroxylation sites is 1. The van der Waals surface area contributed by atoms with Crippen LogP contribution in [-0.4, -0.2) is 21.3 Å². The fourth-order valence-corrected chi connectivity index (χ4v) is 4.83. The van der Waals surface area contributed by atoms with Crippen LogP contribution < -0.4 is 15.2 Å². The van der Waals surface area contributed by atoms with Gasteiger partial charge in [-0.05, 0) is 42.2 Å². The zero-order chi connectivity index (χ0) is 25.1. The van der Waals surface area contributed by atoms with E-state index in [9.17, 15) is 23.7 Å². The highest BCUT2D eigenvalue weighted by Crippen LogP contribution is 2.46. The summed E-state index contributed by atoms with van der Waals surface area (Å²) in [5, 5.41) is 28.0. The molecule has 3 rings (SSSR count). The number of nitrogens with zero attached hydrogens (tertiary/aromatic N) is 2. The Morgan fingerprint density at radius 3 is 2.24 bits per heavy atom. The molecule has 0 aromatic heterocycles. The summed E-state index contributed by atoms with van der Waals surface area (Å²) in [4.78, 5) is 13.5. The van der Waals surface area contributed by atoms with Gasteiger partial charge in [0.1, 0.15) is 11.7 Å². The molecule has 9 heteroatoms. The molecule has 34 heavy (non-hydrogen) atoms. The van der Waals surface area contributed by atoms with Crippen LogP contribution in [0.3, 0.4) is 0 Å². The van der Waals surface area contributed by atoms with Crippen molar-refractivity contribution in [1.29, 1.82) is 10.5 Å². The van der Waals surface area contributed by atoms with E-state index in [-0.39, 0.29) is 22.5 Å². The van der Waals surface area contributed by atoms with Crippen LogP contribution in [0.15, 0.2) is 64.7 Å². The van der Waals surface area contributed by atoms with E-state index in [0.29, 0.717) is 34.7 Å². The molecule has 0 radical (unpaired) electrons. The first-order valence-corrected chi connectivity index (χ1v) is 12.1. The molecule has 0 amide bonds. The maximum Gasteiger partial charge on any atom is 0.238 e. The number of carbonyl (C=O) groups excluding carboxylic acids is 1. The van der Waals surface area contributed by atoms with Crippen molar-refractivity contribution in [2.24, 2.45) is 16.5 Å². The molecule has 1 unspecified atom stereocenters. The van der Waals surface area contributed by atoms with Crippen LogP contribution in [0.5, 0.6) is 5.75 Å². The maximum atomic E-state index is 13.5. The summed E-state index contributed by atoms with van der Waals surface area (Å²) < 4.78 is 28.7. The topological polar surface area (TPSA) is 146 Å². The van der Waals surface area contributed by atoms with Gasteiger partial charge in [-0.25, -0.2) is 13.6 Å². The number of Topliss-reactive ketones (excluding diaryl/α,β-unsaturated/α-hetero) is 1. The molecule has 1 aliphatic rings. The Bertz CT molecular complexity index is 1300. The Balaban J connectivity index is 2.21. The van der Waals surface area contributed by atoms with Crippen LogP contribution >= 0.6 is 0 Å². The normalized spacial score (nSPS) is 16.5. The zero-order valence-corrected chi connectivity index (χ0v) is 20.0. The summed E-state index contributed by atoms with van der Waals surface area (Å²) in [5.74, 6) is -1.64. The lowest BCUT2D eigenvalue weighted by Crippen LogP contribution is -2.32. The number of primary sulfonamides is 1. The van der Waals surface area contributed by atoms with E-state index in [1.165, 1.54) is 19.2 Å². The maximum absolute atomic E-state index is 13.5. The van der Waals surface area contributed by atoms with E-state index in [0.717, 1.165) is 0 Å². The Morgan fingerprint density at radius 2 is 1.68 bits per heavy atom. The average Bonchev–Trinajstić information content (AvgIpc) is 2.77. The Labute approximate surface area is 199 Å². The molecule has 0 bridgehead atoms. The number of allylic oxidation sites excluding steroid dienone is 2. The summed E-state index contributed by atoms with van der Waals surface area (Å²) in [6.45, 7) is 3.94. The van der Waals surface area contributed by atoms with Crippen molar-refractivity contribution in [2.45, 2.75) is 37.5 Å². The Hall–Kier alpha value is -3.66. The number of benzene rings is 2. The third-order valence-corrected chi connectivity index (χ3v) is 6.72. The SMILES string of the molecule is COc1ccccc1C(C1=C(Nc2ccc(S(N)(=O)=O)cc2)CC(C)(C)CC1=O)C(C#N)C#N. The summed E-state index contributed by atoms with van der Waals surface area (Å²) in [7, 11) is -2.35. The van der Waals surface area contributed by atoms with E-state index in [1.54, 1.807) is 36.4 Å². The van der Waals surface area contributed by atoms with Gasteiger partial charge in [-0.2, -0.15) is 10.5 Å². The van der Waals surface area contributed by atoms with Gasteiger partial charge in [-0.1, -0.05) is 32.0 Å². The quantitative estimate of drug-likeness (QED) is 0.614. The smallest absolute Gasteiger partial charge is 0.238 e. The van der Waals surface area contributed by atoms with E-state index in [4.69, 9.17) is 9.88 Å². The summed E-state index contributed by atoms with van der Waals surface area (Å²) >= 11 is 0. The van der Waals surface area contributed by atoms with Gasteiger partial charge in [0.2, 0.25) is 10.0 Å². The predicted octanol–water partition coefficient (Wildman–Crippen LogP) is 3.84. The third kappa shape index (κ3) is 5.28. The van der Waals surface area contributed by atoms with Gasteiger partial charge < -0.3 is 10.1 Å². The van der Waals surface area contributed by atoms with Crippen molar-refractivity contribution < 1.29 is 17.9 Å². The van der Waals surface area contributed by atoms with Crippen molar-refractivity contribution >= 4 is 21.5 Å². The molecule has 1 atom stereocenters. The Kier molecular flexibility index (Phi) is 7.11. The number of ketones is 1. The van der Waals surface area contributed by atoms with Crippen LogP contribution in [0.4, 0.5) is 5.69 Å². The fourth-order valence-electron chi connectivity index (χ4n) is 4.31. The molecular weight excluding hydrogens is 452 g/mol. The third-order valence-electron chi connectivity index (χ3n) is 5.79. The highest BCUT2D eigenvalue weighted by atomic mass is 32.2. The van der Waals surface area contributed by atoms with Crippen LogP contribution in [-0.2, 0) is 14.8 Å². The lowest BCUT2D eigenvalue weighted by Gasteiger charge is -2.36. The van der Waals surface area contributed by atoms with Crippen LogP contribution in [0, 0.1) is 34.0 Å². The molecule has 0 aliphatic heterocycles. The van der Waals surface area contributed by atoms with Gasteiger partial charge in [-0.15, -0.1) is 0 Å².